The monoisotopic (exact) mass is 787 g/mol. The molecule has 0 aromatic rings. The van der Waals surface area contributed by atoms with E-state index >= 15 is 0 Å². The number of allylic oxidation sites excluding steroid dienone is 4. The van der Waals surface area contributed by atoms with E-state index in [1.54, 1.807) is 34.3 Å². The fourth-order valence-corrected chi connectivity index (χ4v) is 9.37. The van der Waals surface area contributed by atoms with Crippen LogP contribution < -0.4 is 0 Å². The molecule has 12 heteroatoms. The Balaban J connectivity index is 1.75. The Morgan fingerprint density at radius 2 is 1.64 bits per heavy atom. The Labute approximate surface area is 334 Å². The maximum atomic E-state index is 14.3. The largest absolute Gasteiger partial charge is 0.456 e. The molecular weight excluding hydrogens is 718 g/mol. The average molecular weight is 788 g/mol. The predicted octanol–water partition coefficient (Wildman–Crippen LogP) is 5.67. The molecule has 0 radical (unpaired) electrons. The Hall–Kier alpha value is -2.74. The highest BCUT2D eigenvalue weighted by atomic mass is 16.7. The maximum Gasteiger partial charge on any atom is 0.329 e. The minimum Gasteiger partial charge on any atom is -0.456 e. The lowest BCUT2D eigenvalue weighted by Gasteiger charge is -2.48. The van der Waals surface area contributed by atoms with E-state index in [1.165, 1.54) is 4.90 Å². The quantitative estimate of drug-likeness (QED) is 0.186. The van der Waals surface area contributed by atoms with E-state index in [9.17, 15) is 29.4 Å². The number of piperidine rings is 1. The second kappa shape index (κ2) is 20.8. The molecule has 4 aliphatic rings. The van der Waals surface area contributed by atoms with Crippen LogP contribution in [0.15, 0.2) is 36.0 Å². The van der Waals surface area contributed by atoms with E-state index < -0.39 is 72.0 Å². The van der Waals surface area contributed by atoms with Gasteiger partial charge in [0.25, 0.3) is 0 Å². The van der Waals surface area contributed by atoms with Crippen LogP contribution in [-0.2, 0) is 42.9 Å². The lowest BCUT2D eigenvalue weighted by atomic mass is 9.82. The molecule has 2 saturated heterocycles. The van der Waals surface area contributed by atoms with Gasteiger partial charge in [-0.3, -0.25) is 14.4 Å². The van der Waals surface area contributed by atoms with Gasteiger partial charge in [0.2, 0.25) is 5.91 Å². The van der Waals surface area contributed by atoms with Crippen molar-refractivity contribution in [3.63, 3.8) is 0 Å². The van der Waals surface area contributed by atoms with Crippen LogP contribution in [0, 0.1) is 29.6 Å². The molecule has 0 unspecified atom stereocenters. The minimum atomic E-state index is -1.84. The number of hydrogen-bond acceptors (Lipinski definition) is 11. The number of hydrogen-bond donors (Lipinski definition) is 2. The van der Waals surface area contributed by atoms with Crippen molar-refractivity contribution in [3.05, 3.63) is 36.0 Å². The third-order valence-corrected chi connectivity index (χ3v) is 12.8. The molecular formula is C44H69NO11. The zero-order chi connectivity index (χ0) is 41.3. The summed E-state index contributed by atoms with van der Waals surface area (Å²) in [6.07, 6.45) is 6.98. The SMILES string of the molecule is C=CC[C@@H]1/C=C(\C)C[C@H](C)C[C@H](OC)[C@H]2O[C@@](O)(CC(=O)N3CCCC[C@H]3C(=O)O[C@H](/C(C)=C/[C@@H]3CC[C@@H](O)[C@H](OC)C3)[C@H](C)C(=O)CC1=O)[C@H](C)C[C@@H]2OC. The number of ketones is 2. The molecule has 12 nitrogen and oxygen atoms in total. The van der Waals surface area contributed by atoms with Crippen molar-refractivity contribution in [1.29, 1.82) is 0 Å². The van der Waals surface area contributed by atoms with Crippen molar-refractivity contribution in [2.45, 2.75) is 160 Å². The molecule has 2 bridgehead atoms. The summed E-state index contributed by atoms with van der Waals surface area (Å²) >= 11 is 0. The van der Waals surface area contributed by atoms with E-state index in [0.29, 0.717) is 76.3 Å². The number of fused-ring (bicyclic) bond motifs is 3. The van der Waals surface area contributed by atoms with Gasteiger partial charge in [-0.05, 0) is 95.5 Å². The number of carbonyl (C=O) groups excluding carboxylic acids is 4. The van der Waals surface area contributed by atoms with Crippen molar-refractivity contribution in [2.24, 2.45) is 29.6 Å². The highest BCUT2D eigenvalue weighted by Gasteiger charge is 2.51. The number of nitrogens with zero attached hydrogens (tertiary/aromatic N) is 1. The summed E-state index contributed by atoms with van der Waals surface area (Å²) in [5.41, 5.74) is 1.64. The number of aliphatic hydroxyl groups is 2. The molecule has 2 N–H and O–H groups in total. The third-order valence-electron chi connectivity index (χ3n) is 12.8. The highest BCUT2D eigenvalue weighted by Crippen LogP contribution is 2.40. The molecule has 0 spiro atoms. The number of carbonyl (C=O) groups is 4. The summed E-state index contributed by atoms with van der Waals surface area (Å²) in [5.74, 6) is -5.28. The van der Waals surface area contributed by atoms with Gasteiger partial charge in [-0.25, -0.2) is 4.79 Å². The standard InChI is InChI=1S/C44H69NO11/c1-10-13-32-19-26(2)18-27(3)20-38(53-8)42-39(54-9)22-29(5)44(51,56-42)25-40(49)45-17-12-11-14-33(45)43(50)55-41(30(6)35(47)24-36(32)48)28(4)21-31-15-16-34(46)37(23-31)52-7/h10,19,21,27,29-34,37-39,41-42,46,51H,1,11-18,20,22-25H2,2-9H3/b26-19+,28-21+/t27-,29+,30+,31-,32+,33-,34+,37+,38-,39-,41+,42+,44-/m0/s1. The fourth-order valence-electron chi connectivity index (χ4n) is 9.37. The van der Waals surface area contributed by atoms with Crippen LogP contribution in [0.5, 0.6) is 0 Å². The summed E-state index contributed by atoms with van der Waals surface area (Å²) in [6.45, 7) is 13.6. The maximum absolute atomic E-state index is 14.3. The van der Waals surface area contributed by atoms with Crippen molar-refractivity contribution >= 4 is 23.4 Å². The van der Waals surface area contributed by atoms with E-state index in [0.717, 1.165) is 5.57 Å². The van der Waals surface area contributed by atoms with E-state index in [-0.39, 0.29) is 42.3 Å². The van der Waals surface area contributed by atoms with Crippen molar-refractivity contribution in [2.75, 3.05) is 27.9 Å². The number of cyclic esters (lactones) is 1. The molecule has 13 atom stereocenters. The lowest BCUT2D eigenvalue weighted by molar-refractivity contribution is -0.321. The van der Waals surface area contributed by atoms with Gasteiger partial charge >= 0.3 is 5.97 Å². The summed E-state index contributed by atoms with van der Waals surface area (Å²) in [5, 5.41) is 22.5. The number of ether oxygens (including phenoxy) is 5. The average Bonchev–Trinajstić information content (AvgIpc) is 3.16. The van der Waals surface area contributed by atoms with Crippen LogP contribution in [0.4, 0.5) is 0 Å². The first-order valence-corrected chi connectivity index (χ1v) is 20.7. The molecule has 1 saturated carbocycles. The summed E-state index contributed by atoms with van der Waals surface area (Å²) < 4.78 is 30.1. The van der Waals surface area contributed by atoms with Crippen molar-refractivity contribution < 1.29 is 53.1 Å². The smallest absolute Gasteiger partial charge is 0.329 e. The van der Waals surface area contributed by atoms with Gasteiger partial charge in [-0.2, -0.15) is 0 Å². The zero-order valence-electron chi connectivity index (χ0n) is 35.1. The highest BCUT2D eigenvalue weighted by molar-refractivity contribution is 6.02. The Morgan fingerprint density at radius 1 is 0.964 bits per heavy atom. The summed E-state index contributed by atoms with van der Waals surface area (Å²) in [7, 11) is 4.77. The Morgan fingerprint density at radius 3 is 2.30 bits per heavy atom. The van der Waals surface area contributed by atoms with Crippen LogP contribution in [-0.4, -0.2) is 115 Å². The number of amides is 1. The number of rotatable bonds is 7. The number of esters is 1. The second-order valence-corrected chi connectivity index (χ2v) is 17.2. The first kappa shape index (κ1) is 46.0. The Kier molecular flexibility index (Phi) is 17.1. The van der Waals surface area contributed by atoms with E-state index in [1.807, 2.05) is 32.9 Å². The van der Waals surface area contributed by atoms with Crippen molar-refractivity contribution in [1.82, 2.24) is 4.90 Å². The van der Waals surface area contributed by atoms with Crippen LogP contribution in [0.3, 0.4) is 0 Å². The molecule has 3 fully saturated rings. The van der Waals surface area contributed by atoms with Gasteiger partial charge in [-0.15, -0.1) is 6.58 Å². The fraction of sp³-hybridized carbons (Fsp3) is 0.773. The molecule has 4 rings (SSSR count). The van der Waals surface area contributed by atoms with Gasteiger partial charge < -0.3 is 38.8 Å². The van der Waals surface area contributed by atoms with Gasteiger partial charge in [0.1, 0.15) is 29.8 Å². The number of Topliss-reactive ketones (excluding diaryl/α,β-unsaturated/α-hetero) is 2. The van der Waals surface area contributed by atoms with Crippen LogP contribution in [0.1, 0.15) is 112 Å². The van der Waals surface area contributed by atoms with Gasteiger partial charge in [0, 0.05) is 39.7 Å². The number of methoxy groups -OCH3 is 3. The zero-order valence-corrected chi connectivity index (χ0v) is 35.1. The van der Waals surface area contributed by atoms with E-state index in [2.05, 4.69) is 13.5 Å². The first-order chi connectivity index (χ1) is 26.5. The molecule has 316 valence electrons. The second-order valence-electron chi connectivity index (χ2n) is 17.2. The van der Waals surface area contributed by atoms with Crippen LogP contribution in [0.25, 0.3) is 0 Å². The molecule has 1 aliphatic carbocycles. The van der Waals surface area contributed by atoms with Gasteiger partial charge in [0.15, 0.2) is 5.79 Å². The van der Waals surface area contributed by atoms with Gasteiger partial charge in [0.05, 0.1) is 43.2 Å². The molecule has 0 aromatic carbocycles. The van der Waals surface area contributed by atoms with Crippen molar-refractivity contribution in [3.8, 4) is 0 Å². The molecule has 3 aliphatic heterocycles. The van der Waals surface area contributed by atoms with Gasteiger partial charge in [-0.1, -0.05) is 44.6 Å². The summed E-state index contributed by atoms with van der Waals surface area (Å²) in [4.78, 5) is 57.9. The summed E-state index contributed by atoms with van der Waals surface area (Å²) in [6, 6.07) is -0.935. The van der Waals surface area contributed by atoms with Crippen LogP contribution in [0.2, 0.25) is 0 Å². The normalized spacial score (nSPS) is 40.1. The Bertz CT molecular complexity index is 1440. The molecule has 1 amide bonds. The third kappa shape index (κ3) is 11.5. The molecule has 0 aromatic heterocycles. The first-order valence-electron chi connectivity index (χ1n) is 20.7. The number of aliphatic hydroxyl groups excluding tert-OH is 1. The minimum absolute atomic E-state index is 0.00817. The molecule has 3 heterocycles. The van der Waals surface area contributed by atoms with Crippen LogP contribution >= 0.6 is 0 Å². The van der Waals surface area contributed by atoms with E-state index in [4.69, 9.17) is 23.7 Å². The predicted molar refractivity (Wildman–Crippen MR) is 211 cm³/mol. The molecule has 56 heavy (non-hydrogen) atoms. The lowest BCUT2D eigenvalue weighted by Crippen LogP contribution is -2.59. The topological polar surface area (TPSA) is 158 Å².